The molecular formula is C14H15Si. The van der Waals surface area contributed by atoms with E-state index in [0.29, 0.717) is 0 Å². The Morgan fingerprint density at radius 3 is 1.47 bits per heavy atom. The van der Waals surface area contributed by atoms with Crippen LogP contribution in [0.15, 0.2) is 48.5 Å². The number of aryl methyl sites for hydroxylation is 2. The average Bonchev–Trinajstić information content (AvgIpc) is 2.24. The Labute approximate surface area is 93.8 Å². The minimum absolute atomic E-state index is 0.241. The molecule has 0 nitrogen and oxygen atoms in total. The lowest BCUT2D eigenvalue weighted by Gasteiger charge is -2.07. The molecule has 2 aromatic carbocycles. The highest BCUT2D eigenvalue weighted by Crippen LogP contribution is 1.95. The summed E-state index contributed by atoms with van der Waals surface area (Å²) in [7, 11) is 0.241. The molecular weight excluding hydrogens is 196 g/mol. The van der Waals surface area contributed by atoms with Crippen molar-refractivity contribution in [2.24, 2.45) is 0 Å². The van der Waals surface area contributed by atoms with E-state index in [4.69, 9.17) is 0 Å². The fourth-order valence-corrected chi connectivity index (χ4v) is 3.06. The van der Waals surface area contributed by atoms with Gasteiger partial charge in [0.25, 0.3) is 0 Å². The molecule has 0 saturated heterocycles. The second kappa shape index (κ2) is 4.45. The molecule has 15 heavy (non-hydrogen) atoms. The predicted octanol–water partition coefficient (Wildman–Crippen LogP) is 1.69. The second-order valence-electron chi connectivity index (χ2n) is 3.86. The standard InChI is InChI=1S/C14H15Si/c1-11-7-3-5-9-13(11)15-14-10-6-4-8-12(14)2/h3-10,15H,1-2H3. The summed E-state index contributed by atoms with van der Waals surface area (Å²) in [4.78, 5) is 0. The molecule has 0 saturated carbocycles. The molecule has 0 spiro atoms. The lowest BCUT2D eigenvalue weighted by Crippen LogP contribution is -2.30. The molecule has 0 aliphatic heterocycles. The van der Waals surface area contributed by atoms with Crippen LogP contribution in [0.3, 0.4) is 0 Å². The van der Waals surface area contributed by atoms with Crippen LogP contribution in [-0.4, -0.2) is 9.52 Å². The smallest absolute Gasteiger partial charge is 0.0629 e. The Hall–Kier alpha value is -1.34. The van der Waals surface area contributed by atoms with Crippen molar-refractivity contribution in [3.8, 4) is 0 Å². The van der Waals surface area contributed by atoms with E-state index >= 15 is 0 Å². The zero-order valence-electron chi connectivity index (χ0n) is 9.20. The molecule has 0 unspecified atom stereocenters. The van der Waals surface area contributed by atoms with Crippen LogP contribution in [0.5, 0.6) is 0 Å². The second-order valence-corrected chi connectivity index (χ2v) is 5.39. The topological polar surface area (TPSA) is 0 Å². The summed E-state index contributed by atoms with van der Waals surface area (Å²) in [6, 6.07) is 17.4. The first kappa shape index (κ1) is 10.2. The maximum absolute atomic E-state index is 2.25. The van der Waals surface area contributed by atoms with Crippen LogP contribution in [0.2, 0.25) is 0 Å². The molecule has 0 amide bonds. The highest BCUT2D eigenvalue weighted by Gasteiger charge is 2.02. The van der Waals surface area contributed by atoms with Crippen molar-refractivity contribution in [1.82, 2.24) is 0 Å². The number of benzene rings is 2. The summed E-state index contributed by atoms with van der Waals surface area (Å²) in [5.41, 5.74) is 2.83. The molecule has 75 valence electrons. The fraction of sp³-hybridized carbons (Fsp3) is 0.143. The van der Waals surface area contributed by atoms with Crippen LogP contribution in [0.1, 0.15) is 11.1 Å². The summed E-state index contributed by atoms with van der Waals surface area (Å²) in [5, 5.41) is 3.01. The van der Waals surface area contributed by atoms with Crippen molar-refractivity contribution in [1.29, 1.82) is 0 Å². The first-order valence-corrected chi connectivity index (χ1v) is 6.39. The quantitative estimate of drug-likeness (QED) is 0.663. The summed E-state index contributed by atoms with van der Waals surface area (Å²) < 4.78 is 0. The molecule has 0 N–H and O–H groups in total. The average molecular weight is 211 g/mol. The van der Waals surface area contributed by atoms with Gasteiger partial charge in [-0.1, -0.05) is 70.0 Å². The largest absolute Gasteiger partial charge is 0.104 e. The van der Waals surface area contributed by atoms with Crippen LogP contribution in [0.25, 0.3) is 0 Å². The van der Waals surface area contributed by atoms with Gasteiger partial charge in [0.15, 0.2) is 0 Å². The first-order valence-electron chi connectivity index (χ1n) is 5.23. The lowest BCUT2D eigenvalue weighted by atomic mass is 10.2. The normalized spacial score (nSPS) is 10.3. The zero-order chi connectivity index (χ0) is 10.7. The van der Waals surface area contributed by atoms with Crippen molar-refractivity contribution >= 4 is 19.9 Å². The van der Waals surface area contributed by atoms with Gasteiger partial charge in [0.1, 0.15) is 9.52 Å². The molecule has 0 aliphatic rings. The van der Waals surface area contributed by atoms with E-state index < -0.39 is 0 Å². The minimum atomic E-state index is 0.241. The Morgan fingerprint density at radius 1 is 0.667 bits per heavy atom. The third kappa shape index (κ3) is 2.36. The third-order valence-electron chi connectivity index (χ3n) is 2.69. The van der Waals surface area contributed by atoms with Crippen molar-refractivity contribution in [2.45, 2.75) is 13.8 Å². The maximum Gasteiger partial charge on any atom is 0.104 e. The van der Waals surface area contributed by atoms with Gasteiger partial charge < -0.3 is 0 Å². The third-order valence-corrected chi connectivity index (χ3v) is 4.61. The molecule has 0 aromatic heterocycles. The summed E-state index contributed by atoms with van der Waals surface area (Å²) in [5.74, 6) is 0. The molecule has 2 aromatic rings. The van der Waals surface area contributed by atoms with Gasteiger partial charge in [0.2, 0.25) is 0 Å². The Morgan fingerprint density at radius 2 is 1.07 bits per heavy atom. The van der Waals surface area contributed by atoms with Crippen LogP contribution in [-0.2, 0) is 0 Å². The van der Waals surface area contributed by atoms with E-state index in [1.54, 1.807) is 0 Å². The van der Waals surface area contributed by atoms with Gasteiger partial charge >= 0.3 is 0 Å². The lowest BCUT2D eigenvalue weighted by molar-refractivity contribution is 1.50. The molecule has 0 atom stereocenters. The van der Waals surface area contributed by atoms with E-state index in [2.05, 4.69) is 62.4 Å². The van der Waals surface area contributed by atoms with Gasteiger partial charge in [-0.05, 0) is 13.8 Å². The van der Waals surface area contributed by atoms with Gasteiger partial charge in [-0.3, -0.25) is 0 Å². The summed E-state index contributed by atoms with van der Waals surface area (Å²) >= 11 is 0. The van der Waals surface area contributed by atoms with E-state index in [-0.39, 0.29) is 9.52 Å². The Balaban J connectivity index is 2.30. The van der Waals surface area contributed by atoms with E-state index in [1.807, 2.05) is 0 Å². The van der Waals surface area contributed by atoms with Crippen LogP contribution in [0, 0.1) is 13.8 Å². The molecule has 0 heterocycles. The number of hydrogen-bond donors (Lipinski definition) is 0. The minimum Gasteiger partial charge on any atom is -0.0629 e. The fourth-order valence-electron chi connectivity index (χ4n) is 1.67. The van der Waals surface area contributed by atoms with E-state index in [0.717, 1.165) is 0 Å². The van der Waals surface area contributed by atoms with Crippen molar-refractivity contribution < 1.29 is 0 Å². The SMILES string of the molecule is Cc1ccccc1[SiH]c1ccccc1C. The van der Waals surface area contributed by atoms with Gasteiger partial charge in [-0.2, -0.15) is 0 Å². The summed E-state index contributed by atoms with van der Waals surface area (Å²) in [6.45, 7) is 4.39. The van der Waals surface area contributed by atoms with Crippen LogP contribution >= 0.6 is 0 Å². The molecule has 1 heteroatoms. The highest BCUT2D eigenvalue weighted by atomic mass is 28.2. The first-order chi connectivity index (χ1) is 7.27. The molecule has 0 aliphatic carbocycles. The Bertz CT molecular complexity index is 417. The molecule has 0 fully saturated rings. The van der Waals surface area contributed by atoms with Crippen molar-refractivity contribution in [3.05, 3.63) is 59.7 Å². The maximum atomic E-state index is 2.25. The molecule has 2 rings (SSSR count). The van der Waals surface area contributed by atoms with E-state index in [9.17, 15) is 0 Å². The molecule has 0 bridgehead atoms. The predicted molar refractivity (Wildman–Crippen MR) is 68.8 cm³/mol. The van der Waals surface area contributed by atoms with Crippen molar-refractivity contribution in [3.63, 3.8) is 0 Å². The highest BCUT2D eigenvalue weighted by molar-refractivity contribution is 6.68. The van der Waals surface area contributed by atoms with Gasteiger partial charge in [-0.15, -0.1) is 0 Å². The van der Waals surface area contributed by atoms with Crippen molar-refractivity contribution in [2.75, 3.05) is 0 Å². The van der Waals surface area contributed by atoms with Crippen LogP contribution < -0.4 is 10.4 Å². The van der Waals surface area contributed by atoms with Gasteiger partial charge in [0.05, 0.1) is 0 Å². The van der Waals surface area contributed by atoms with Crippen LogP contribution in [0.4, 0.5) is 0 Å². The van der Waals surface area contributed by atoms with Gasteiger partial charge in [0, 0.05) is 0 Å². The van der Waals surface area contributed by atoms with E-state index in [1.165, 1.54) is 21.5 Å². The molecule has 1 radical (unpaired) electrons. The monoisotopic (exact) mass is 211 g/mol. The zero-order valence-corrected chi connectivity index (χ0v) is 10.4. The summed E-state index contributed by atoms with van der Waals surface area (Å²) in [6.07, 6.45) is 0. The Kier molecular flexibility index (Phi) is 3.02. The number of hydrogen-bond acceptors (Lipinski definition) is 0. The van der Waals surface area contributed by atoms with Gasteiger partial charge in [-0.25, -0.2) is 0 Å². The number of rotatable bonds is 2.